The average Bonchev–Trinajstić information content (AvgIpc) is 3.12. The summed E-state index contributed by atoms with van der Waals surface area (Å²) in [6.45, 7) is 4.58. The summed E-state index contributed by atoms with van der Waals surface area (Å²) in [5, 5.41) is 8.12. The van der Waals surface area contributed by atoms with Gasteiger partial charge in [0.1, 0.15) is 0 Å². The molecule has 0 fully saturated rings. The van der Waals surface area contributed by atoms with E-state index in [0.29, 0.717) is 17.1 Å². The van der Waals surface area contributed by atoms with Crippen LogP contribution in [0.5, 0.6) is 0 Å². The van der Waals surface area contributed by atoms with Crippen LogP contribution < -0.4 is 10.2 Å². The van der Waals surface area contributed by atoms with Crippen LogP contribution in [0.3, 0.4) is 0 Å². The smallest absolute Gasteiger partial charge is 0.255 e. The Morgan fingerprint density at radius 1 is 1.11 bits per heavy atom. The molecule has 0 spiro atoms. The molecule has 0 aliphatic rings. The van der Waals surface area contributed by atoms with E-state index < -0.39 is 0 Å². The van der Waals surface area contributed by atoms with Crippen LogP contribution in [0.15, 0.2) is 54.7 Å². The topological polar surface area (TPSA) is 50.2 Å². The zero-order valence-corrected chi connectivity index (χ0v) is 17.4. The Kier molecular flexibility index (Phi) is 6.05. The number of anilines is 1. The Hall–Kier alpha value is -2.79. The highest BCUT2D eigenvalue weighted by molar-refractivity contribution is 6.30. The lowest BCUT2D eigenvalue weighted by Gasteiger charge is -2.14. The van der Waals surface area contributed by atoms with Crippen molar-refractivity contribution in [3.05, 3.63) is 76.6 Å². The maximum Gasteiger partial charge on any atom is 0.255 e. The molecule has 0 saturated heterocycles. The predicted octanol–water partition coefficient (Wildman–Crippen LogP) is 4.65. The predicted molar refractivity (Wildman–Crippen MR) is 115 cm³/mol. The van der Waals surface area contributed by atoms with E-state index in [1.54, 1.807) is 6.20 Å². The molecule has 0 aliphatic carbocycles. The van der Waals surface area contributed by atoms with Crippen molar-refractivity contribution in [3.63, 3.8) is 0 Å². The normalized spacial score (nSPS) is 10.9. The second-order valence-corrected chi connectivity index (χ2v) is 7.67. The molecule has 0 saturated carbocycles. The molecule has 1 amide bonds. The second kappa shape index (κ2) is 8.48. The van der Waals surface area contributed by atoms with Gasteiger partial charge in [-0.15, -0.1) is 0 Å². The van der Waals surface area contributed by atoms with Crippen molar-refractivity contribution in [1.82, 2.24) is 15.1 Å². The van der Waals surface area contributed by atoms with Gasteiger partial charge < -0.3 is 10.2 Å². The van der Waals surface area contributed by atoms with Crippen LogP contribution in [0.2, 0.25) is 5.02 Å². The average molecular weight is 397 g/mol. The van der Waals surface area contributed by atoms with Crippen LogP contribution in [0.25, 0.3) is 5.69 Å². The number of carbonyl (C=O) groups excluding carboxylic acids is 1. The summed E-state index contributed by atoms with van der Waals surface area (Å²) in [7, 11) is 4.01. The molecule has 0 aliphatic heterocycles. The Morgan fingerprint density at radius 3 is 2.32 bits per heavy atom. The zero-order chi connectivity index (χ0) is 20.3. The number of hydrogen-bond acceptors (Lipinski definition) is 3. The van der Waals surface area contributed by atoms with Crippen molar-refractivity contribution in [2.24, 2.45) is 0 Å². The fourth-order valence-corrected chi connectivity index (χ4v) is 3.19. The summed E-state index contributed by atoms with van der Waals surface area (Å²) in [5.41, 5.74) is 4.53. The molecule has 2 aromatic carbocycles. The number of aromatic nitrogens is 2. The molecule has 146 valence electrons. The summed E-state index contributed by atoms with van der Waals surface area (Å²) in [6, 6.07) is 15.6. The molecule has 0 unspecified atom stereocenters. The van der Waals surface area contributed by atoms with Crippen LogP contribution in [-0.2, 0) is 6.54 Å². The lowest BCUT2D eigenvalue weighted by Crippen LogP contribution is -2.24. The van der Waals surface area contributed by atoms with E-state index in [9.17, 15) is 4.79 Å². The van der Waals surface area contributed by atoms with Gasteiger partial charge in [-0.2, -0.15) is 5.10 Å². The first-order valence-corrected chi connectivity index (χ1v) is 9.63. The highest BCUT2D eigenvalue weighted by atomic mass is 35.5. The molecule has 1 heterocycles. The standard InChI is InChI=1S/C22H25ClN4O/c1-15(2)21-20(14-25-27(21)19-11-7-17(23)8-12-19)22(28)24-13-16-5-9-18(10-6-16)26(3)4/h5-12,14-15H,13H2,1-4H3,(H,24,28). The van der Waals surface area contributed by atoms with Gasteiger partial charge in [-0.1, -0.05) is 37.6 Å². The van der Waals surface area contributed by atoms with E-state index in [4.69, 9.17) is 11.6 Å². The lowest BCUT2D eigenvalue weighted by atomic mass is 10.0. The van der Waals surface area contributed by atoms with Crippen molar-refractivity contribution in [2.75, 3.05) is 19.0 Å². The SMILES string of the molecule is CC(C)c1c(C(=O)NCc2ccc(N(C)C)cc2)cnn1-c1ccc(Cl)cc1. The second-order valence-electron chi connectivity index (χ2n) is 7.23. The Morgan fingerprint density at radius 2 is 1.75 bits per heavy atom. The molecule has 1 N–H and O–H groups in total. The first-order chi connectivity index (χ1) is 13.4. The van der Waals surface area contributed by atoms with Gasteiger partial charge >= 0.3 is 0 Å². The minimum atomic E-state index is -0.124. The van der Waals surface area contributed by atoms with Crippen LogP contribution >= 0.6 is 11.6 Å². The fourth-order valence-electron chi connectivity index (χ4n) is 3.07. The first kappa shape index (κ1) is 20.0. The van der Waals surface area contributed by atoms with Crippen molar-refractivity contribution >= 4 is 23.2 Å². The van der Waals surface area contributed by atoms with E-state index in [-0.39, 0.29) is 11.8 Å². The number of halogens is 1. The Bertz CT molecular complexity index is 944. The molecular formula is C22H25ClN4O. The van der Waals surface area contributed by atoms with Gasteiger partial charge in [0, 0.05) is 31.4 Å². The highest BCUT2D eigenvalue weighted by Crippen LogP contribution is 2.24. The van der Waals surface area contributed by atoms with Crippen molar-refractivity contribution < 1.29 is 4.79 Å². The van der Waals surface area contributed by atoms with E-state index in [1.807, 2.05) is 72.2 Å². The molecule has 1 aromatic heterocycles. The Balaban J connectivity index is 1.79. The number of hydrogen-bond donors (Lipinski definition) is 1. The van der Waals surface area contributed by atoms with Gasteiger partial charge in [-0.3, -0.25) is 4.79 Å². The number of carbonyl (C=O) groups is 1. The maximum atomic E-state index is 12.8. The Labute approximate surface area is 170 Å². The number of benzene rings is 2. The largest absolute Gasteiger partial charge is 0.378 e. The molecule has 0 bridgehead atoms. The molecule has 0 radical (unpaired) electrons. The molecular weight excluding hydrogens is 372 g/mol. The third-order valence-corrected chi connectivity index (χ3v) is 4.83. The van der Waals surface area contributed by atoms with Gasteiger partial charge in [0.2, 0.25) is 0 Å². The van der Waals surface area contributed by atoms with Gasteiger partial charge in [0.25, 0.3) is 5.91 Å². The summed E-state index contributed by atoms with van der Waals surface area (Å²) in [6.07, 6.45) is 1.63. The molecule has 28 heavy (non-hydrogen) atoms. The van der Waals surface area contributed by atoms with Gasteiger partial charge in [0.05, 0.1) is 23.1 Å². The zero-order valence-electron chi connectivity index (χ0n) is 16.6. The van der Waals surface area contributed by atoms with E-state index in [0.717, 1.165) is 22.6 Å². The third kappa shape index (κ3) is 4.37. The van der Waals surface area contributed by atoms with Crippen LogP contribution in [0.4, 0.5) is 5.69 Å². The fraction of sp³-hybridized carbons (Fsp3) is 0.273. The summed E-state index contributed by atoms with van der Waals surface area (Å²) in [5.74, 6) is 0.0129. The van der Waals surface area contributed by atoms with Crippen LogP contribution in [0.1, 0.15) is 41.4 Å². The molecule has 3 aromatic rings. The van der Waals surface area contributed by atoms with E-state index >= 15 is 0 Å². The molecule has 3 rings (SSSR count). The number of nitrogens with one attached hydrogen (secondary N) is 1. The monoisotopic (exact) mass is 396 g/mol. The third-order valence-electron chi connectivity index (χ3n) is 4.57. The molecule has 0 atom stereocenters. The van der Waals surface area contributed by atoms with Gasteiger partial charge in [-0.05, 0) is 47.9 Å². The lowest BCUT2D eigenvalue weighted by molar-refractivity contribution is 0.0949. The first-order valence-electron chi connectivity index (χ1n) is 9.25. The van der Waals surface area contributed by atoms with Gasteiger partial charge in [0.15, 0.2) is 0 Å². The summed E-state index contributed by atoms with van der Waals surface area (Å²) >= 11 is 5.99. The van der Waals surface area contributed by atoms with Crippen LogP contribution in [0, 0.1) is 0 Å². The molecule has 6 heteroatoms. The van der Waals surface area contributed by atoms with Gasteiger partial charge in [-0.25, -0.2) is 4.68 Å². The summed E-state index contributed by atoms with van der Waals surface area (Å²) < 4.78 is 1.81. The minimum absolute atomic E-state index is 0.124. The minimum Gasteiger partial charge on any atom is -0.378 e. The maximum absolute atomic E-state index is 12.8. The highest BCUT2D eigenvalue weighted by Gasteiger charge is 2.20. The van der Waals surface area contributed by atoms with E-state index in [2.05, 4.69) is 24.3 Å². The number of amides is 1. The quantitative estimate of drug-likeness (QED) is 0.660. The van der Waals surface area contributed by atoms with Crippen molar-refractivity contribution in [3.8, 4) is 5.69 Å². The van der Waals surface area contributed by atoms with Crippen molar-refractivity contribution in [2.45, 2.75) is 26.3 Å². The number of rotatable bonds is 6. The number of nitrogens with zero attached hydrogens (tertiary/aromatic N) is 3. The summed E-state index contributed by atoms with van der Waals surface area (Å²) in [4.78, 5) is 14.9. The van der Waals surface area contributed by atoms with Crippen molar-refractivity contribution in [1.29, 1.82) is 0 Å². The van der Waals surface area contributed by atoms with E-state index in [1.165, 1.54) is 0 Å². The van der Waals surface area contributed by atoms with Crippen LogP contribution in [-0.4, -0.2) is 29.8 Å². The molecule has 5 nitrogen and oxygen atoms in total.